The molecule has 3 aromatic heterocycles. The normalized spacial score (nSPS) is 17.0. The topological polar surface area (TPSA) is 79.7 Å². The Morgan fingerprint density at radius 1 is 1.16 bits per heavy atom. The quantitative estimate of drug-likeness (QED) is 0.772. The fourth-order valence-electron chi connectivity index (χ4n) is 2.99. The average Bonchev–Trinajstić information content (AvgIpc) is 3.24. The highest BCUT2D eigenvalue weighted by molar-refractivity contribution is 7.13. The molecule has 4 rings (SSSR count). The van der Waals surface area contributed by atoms with Crippen LogP contribution in [0.4, 0.5) is 16.8 Å². The third-order valence-electron chi connectivity index (χ3n) is 4.15. The monoisotopic (exact) mass is 353 g/mol. The SMILES string of the molecule is Cc1cc(Nc2nc(C)cs2)nc(C2CCN(c3cnccn3)C2)n1. The van der Waals surface area contributed by atoms with E-state index in [-0.39, 0.29) is 0 Å². The van der Waals surface area contributed by atoms with Crippen molar-refractivity contribution in [3.8, 4) is 0 Å². The molecule has 0 bridgehead atoms. The van der Waals surface area contributed by atoms with Crippen LogP contribution >= 0.6 is 11.3 Å². The summed E-state index contributed by atoms with van der Waals surface area (Å²) in [6.07, 6.45) is 6.23. The molecular formula is C17H19N7S. The van der Waals surface area contributed by atoms with Gasteiger partial charge in [-0.1, -0.05) is 0 Å². The third kappa shape index (κ3) is 3.58. The Morgan fingerprint density at radius 2 is 2.08 bits per heavy atom. The van der Waals surface area contributed by atoms with Crippen LogP contribution in [0, 0.1) is 13.8 Å². The molecule has 7 nitrogen and oxygen atoms in total. The first-order valence-corrected chi connectivity index (χ1v) is 9.11. The maximum absolute atomic E-state index is 4.73. The van der Waals surface area contributed by atoms with Crippen molar-refractivity contribution in [2.24, 2.45) is 0 Å². The van der Waals surface area contributed by atoms with Gasteiger partial charge in [0, 0.05) is 48.5 Å². The standard InChI is InChI=1S/C17H19N7S/c1-11-7-14(23-17-21-12(2)10-25-17)22-16(20-11)13-3-6-24(9-13)15-8-18-4-5-19-15/h4-5,7-8,10,13H,3,6,9H2,1-2H3,(H,20,21,22,23). The molecule has 0 saturated carbocycles. The van der Waals surface area contributed by atoms with Crippen molar-refractivity contribution in [3.63, 3.8) is 0 Å². The molecule has 8 heteroatoms. The molecule has 1 unspecified atom stereocenters. The summed E-state index contributed by atoms with van der Waals surface area (Å²) in [6.45, 7) is 5.78. The van der Waals surface area contributed by atoms with E-state index >= 15 is 0 Å². The van der Waals surface area contributed by atoms with Crippen LogP contribution in [0.2, 0.25) is 0 Å². The number of nitrogens with zero attached hydrogens (tertiary/aromatic N) is 6. The van der Waals surface area contributed by atoms with E-state index in [1.54, 1.807) is 29.9 Å². The van der Waals surface area contributed by atoms with Gasteiger partial charge in [-0.2, -0.15) is 0 Å². The lowest BCUT2D eigenvalue weighted by Crippen LogP contribution is -2.21. The smallest absolute Gasteiger partial charge is 0.188 e. The highest BCUT2D eigenvalue weighted by Gasteiger charge is 2.27. The van der Waals surface area contributed by atoms with E-state index in [2.05, 4.69) is 30.2 Å². The zero-order valence-electron chi connectivity index (χ0n) is 14.2. The molecule has 0 aromatic carbocycles. The summed E-state index contributed by atoms with van der Waals surface area (Å²) in [5.41, 5.74) is 1.97. The second-order valence-corrected chi connectivity index (χ2v) is 7.03. The third-order valence-corrected chi connectivity index (χ3v) is 5.03. The zero-order chi connectivity index (χ0) is 17.2. The molecule has 1 N–H and O–H groups in total. The van der Waals surface area contributed by atoms with Crippen LogP contribution in [0.3, 0.4) is 0 Å². The molecule has 0 radical (unpaired) electrons. The highest BCUT2D eigenvalue weighted by Crippen LogP contribution is 2.29. The van der Waals surface area contributed by atoms with Gasteiger partial charge in [0.05, 0.1) is 11.9 Å². The van der Waals surface area contributed by atoms with Gasteiger partial charge in [-0.25, -0.2) is 19.9 Å². The van der Waals surface area contributed by atoms with Crippen molar-refractivity contribution < 1.29 is 0 Å². The molecule has 128 valence electrons. The van der Waals surface area contributed by atoms with Crippen molar-refractivity contribution >= 4 is 28.1 Å². The van der Waals surface area contributed by atoms with Gasteiger partial charge in [-0.05, 0) is 20.3 Å². The first-order valence-electron chi connectivity index (χ1n) is 8.23. The number of anilines is 3. The van der Waals surface area contributed by atoms with E-state index in [1.807, 2.05) is 25.3 Å². The highest BCUT2D eigenvalue weighted by atomic mass is 32.1. The summed E-state index contributed by atoms with van der Waals surface area (Å²) < 4.78 is 0. The summed E-state index contributed by atoms with van der Waals surface area (Å²) in [4.78, 5) is 24.6. The first-order chi connectivity index (χ1) is 12.2. The Bertz CT molecular complexity index is 864. The van der Waals surface area contributed by atoms with Gasteiger partial charge < -0.3 is 10.2 Å². The molecule has 0 aliphatic carbocycles. The minimum atomic E-state index is 0.292. The second-order valence-electron chi connectivity index (χ2n) is 6.17. The number of aromatic nitrogens is 5. The van der Waals surface area contributed by atoms with Gasteiger partial charge in [0.2, 0.25) is 0 Å². The molecule has 0 amide bonds. The van der Waals surface area contributed by atoms with E-state index in [0.29, 0.717) is 5.92 Å². The van der Waals surface area contributed by atoms with Crippen molar-refractivity contribution in [3.05, 3.63) is 47.2 Å². The number of rotatable bonds is 4. The fraction of sp³-hybridized carbons (Fsp3) is 0.353. The lowest BCUT2D eigenvalue weighted by molar-refractivity contribution is 0.705. The van der Waals surface area contributed by atoms with Crippen molar-refractivity contribution in [2.45, 2.75) is 26.2 Å². The molecule has 1 saturated heterocycles. The molecular weight excluding hydrogens is 334 g/mol. The minimum Gasteiger partial charge on any atom is -0.355 e. The van der Waals surface area contributed by atoms with Crippen LogP contribution in [0.5, 0.6) is 0 Å². The van der Waals surface area contributed by atoms with Gasteiger partial charge >= 0.3 is 0 Å². The molecule has 1 aliphatic rings. The molecule has 25 heavy (non-hydrogen) atoms. The van der Waals surface area contributed by atoms with Crippen LogP contribution in [-0.2, 0) is 0 Å². The number of hydrogen-bond acceptors (Lipinski definition) is 8. The summed E-state index contributed by atoms with van der Waals surface area (Å²) in [6, 6.07) is 1.95. The minimum absolute atomic E-state index is 0.292. The van der Waals surface area contributed by atoms with Crippen LogP contribution in [0.15, 0.2) is 30.0 Å². The van der Waals surface area contributed by atoms with Gasteiger partial charge in [-0.15, -0.1) is 11.3 Å². The molecule has 4 heterocycles. The molecule has 0 spiro atoms. The van der Waals surface area contributed by atoms with Crippen LogP contribution in [0.1, 0.15) is 29.6 Å². The summed E-state index contributed by atoms with van der Waals surface area (Å²) in [7, 11) is 0. The van der Waals surface area contributed by atoms with Crippen molar-refractivity contribution in [2.75, 3.05) is 23.3 Å². The number of hydrogen-bond donors (Lipinski definition) is 1. The van der Waals surface area contributed by atoms with Crippen molar-refractivity contribution in [1.82, 2.24) is 24.9 Å². The average molecular weight is 353 g/mol. The van der Waals surface area contributed by atoms with E-state index in [0.717, 1.165) is 53.5 Å². The Kier molecular flexibility index (Phi) is 4.27. The lowest BCUT2D eigenvalue weighted by atomic mass is 10.1. The number of aryl methyl sites for hydroxylation is 2. The van der Waals surface area contributed by atoms with Gasteiger partial charge in [0.15, 0.2) is 5.13 Å². The Labute approximate surface area is 150 Å². The first kappa shape index (κ1) is 15.9. The van der Waals surface area contributed by atoms with E-state index in [1.165, 1.54) is 0 Å². The van der Waals surface area contributed by atoms with E-state index in [9.17, 15) is 0 Å². The maximum Gasteiger partial charge on any atom is 0.188 e. The van der Waals surface area contributed by atoms with Crippen LogP contribution in [-0.4, -0.2) is 38.0 Å². The second kappa shape index (κ2) is 6.72. The van der Waals surface area contributed by atoms with Crippen LogP contribution < -0.4 is 10.2 Å². The fourth-order valence-corrected chi connectivity index (χ4v) is 3.69. The summed E-state index contributed by atoms with van der Waals surface area (Å²) in [5, 5.41) is 6.17. The predicted octanol–water partition coefficient (Wildman–Crippen LogP) is 3.08. The molecule has 3 aromatic rings. The molecule has 1 atom stereocenters. The molecule has 1 fully saturated rings. The Hall–Kier alpha value is -2.61. The van der Waals surface area contributed by atoms with Crippen LogP contribution in [0.25, 0.3) is 0 Å². The Morgan fingerprint density at radius 3 is 2.84 bits per heavy atom. The van der Waals surface area contributed by atoms with Gasteiger partial charge in [-0.3, -0.25) is 4.98 Å². The molecule has 1 aliphatic heterocycles. The van der Waals surface area contributed by atoms with Gasteiger partial charge in [0.1, 0.15) is 17.5 Å². The van der Waals surface area contributed by atoms with E-state index in [4.69, 9.17) is 4.98 Å². The summed E-state index contributed by atoms with van der Waals surface area (Å²) in [5.74, 6) is 2.88. The Balaban J connectivity index is 1.52. The zero-order valence-corrected chi connectivity index (χ0v) is 15.0. The predicted molar refractivity (Wildman–Crippen MR) is 98.5 cm³/mol. The summed E-state index contributed by atoms with van der Waals surface area (Å²) >= 11 is 1.58. The maximum atomic E-state index is 4.73. The van der Waals surface area contributed by atoms with Gasteiger partial charge in [0.25, 0.3) is 0 Å². The van der Waals surface area contributed by atoms with Crippen molar-refractivity contribution in [1.29, 1.82) is 0 Å². The van der Waals surface area contributed by atoms with E-state index < -0.39 is 0 Å². The largest absolute Gasteiger partial charge is 0.355 e. The number of nitrogens with one attached hydrogen (secondary N) is 1. The lowest BCUT2D eigenvalue weighted by Gasteiger charge is -2.16. The number of thiazole rings is 1.